The fourth-order valence-electron chi connectivity index (χ4n) is 1.35. The molecule has 2 aromatic heterocycles. The summed E-state index contributed by atoms with van der Waals surface area (Å²) < 4.78 is 0. The zero-order valence-corrected chi connectivity index (χ0v) is 9.74. The summed E-state index contributed by atoms with van der Waals surface area (Å²) >= 11 is 1.73. The summed E-state index contributed by atoms with van der Waals surface area (Å²) in [5, 5.41) is 2.07. The second-order valence-electron chi connectivity index (χ2n) is 3.34. The van der Waals surface area contributed by atoms with Crippen LogP contribution in [-0.4, -0.2) is 17.0 Å². The van der Waals surface area contributed by atoms with E-state index in [2.05, 4.69) is 26.8 Å². The third-order valence-corrected chi connectivity index (χ3v) is 3.03. The average Bonchev–Trinajstić information content (AvgIpc) is 2.82. The number of aromatic nitrogens is 2. The van der Waals surface area contributed by atoms with Crippen LogP contribution in [0.2, 0.25) is 0 Å². The summed E-state index contributed by atoms with van der Waals surface area (Å²) in [6.45, 7) is 0.832. The molecule has 0 aliphatic heterocycles. The summed E-state index contributed by atoms with van der Waals surface area (Å²) in [6, 6.07) is 5.96. The molecule has 5 nitrogen and oxygen atoms in total. The topological polar surface area (TPSA) is 67.1 Å². The van der Waals surface area contributed by atoms with Crippen LogP contribution in [0.15, 0.2) is 29.9 Å². The van der Waals surface area contributed by atoms with Gasteiger partial charge in [-0.1, -0.05) is 6.07 Å². The lowest BCUT2D eigenvalue weighted by Crippen LogP contribution is -2.18. The molecular weight excluding hydrogens is 222 g/mol. The van der Waals surface area contributed by atoms with E-state index in [4.69, 9.17) is 5.84 Å². The van der Waals surface area contributed by atoms with Crippen molar-refractivity contribution in [2.45, 2.75) is 6.54 Å². The van der Waals surface area contributed by atoms with E-state index in [1.807, 2.05) is 24.1 Å². The van der Waals surface area contributed by atoms with Gasteiger partial charge in [0.25, 0.3) is 0 Å². The highest BCUT2D eigenvalue weighted by atomic mass is 32.1. The molecule has 0 bridgehead atoms. The zero-order chi connectivity index (χ0) is 11.4. The van der Waals surface area contributed by atoms with Crippen LogP contribution in [-0.2, 0) is 6.54 Å². The van der Waals surface area contributed by atoms with Crippen LogP contribution in [0.4, 0.5) is 11.6 Å². The molecule has 0 aliphatic carbocycles. The van der Waals surface area contributed by atoms with Crippen molar-refractivity contribution in [3.63, 3.8) is 0 Å². The smallest absolute Gasteiger partial charge is 0.145 e. The molecule has 0 atom stereocenters. The van der Waals surface area contributed by atoms with Gasteiger partial charge in [0.2, 0.25) is 0 Å². The van der Waals surface area contributed by atoms with Gasteiger partial charge in [-0.05, 0) is 11.4 Å². The van der Waals surface area contributed by atoms with Crippen LogP contribution >= 0.6 is 11.3 Å². The van der Waals surface area contributed by atoms with Gasteiger partial charge in [-0.15, -0.1) is 11.3 Å². The normalized spacial score (nSPS) is 10.1. The Bertz CT molecular complexity index is 442. The monoisotopic (exact) mass is 235 g/mol. The minimum atomic E-state index is 0.614. The summed E-state index contributed by atoms with van der Waals surface area (Å²) in [4.78, 5) is 11.5. The number of hydrogen-bond acceptors (Lipinski definition) is 6. The van der Waals surface area contributed by atoms with Crippen molar-refractivity contribution in [1.29, 1.82) is 0 Å². The molecule has 84 valence electrons. The molecule has 0 radical (unpaired) electrons. The number of hydrogen-bond donors (Lipinski definition) is 2. The SMILES string of the molecule is CN(Cc1cccs1)c1cc(NN)ncn1. The van der Waals surface area contributed by atoms with Crippen LogP contribution in [0.1, 0.15) is 4.88 Å². The summed E-state index contributed by atoms with van der Waals surface area (Å²) in [7, 11) is 1.99. The van der Waals surface area contributed by atoms with E-state index in [0.717, 1.165) is 12.4 Å². The largest absolute Gasteiger partial charge is 0.354 e. The van der Waals surface area contributed by atoms with Gasteiger partial charge in [0.1, 0.15) is 18.0 Å². The number of nitrogens with two attached hydrogens (primary N) is 1. The fourth-order valence-corrected chi connectivity index (χ4v) is 2.11. The van der Waals surface area contributed by atoms with Gasteiger partial charge in [-0.2, -0.15) is 0 Å². The number of nitrogen functional groups attached to an aromatic ring is 1. The van der Waals surface area contributed by atoms with Gasteiger partial charge in [-0.3, -0.25) is 0 Å². The van der Waals surface area contributed by atoms with E-state index >= 15 is 0 Å². The summed E-state index contributed by atoms with van der Waals surface area (Å²) in [5.74, 6) is 6.76. The third-order valence-electron chi connectivity index (χ3n) is 2.16. The molecule has 0 unspecified atom stereocenters. The van der Waals surface area contributed by atoms with Gasteiger partial charge in [0.05, 0.1) is 6.54 Å². The summed E-state index contributed by atoms with van der Waals surface area (Å²) in [5.41, 5.74) is 2.51. The first-order valence-electron chi connectivity index (χ1n) is 4.82. The van der Waals surface area contributed by atoms with Gasteiger partial charge in [0.15, 0.2) is 0 Å². The highest BCUT2D eigenvalue weighted by molar-refractivity contribution is 7.09. The Morgan fingerprint density at radius 2 is 2.38 bits per heavy atom. The van der Waals surface area contributed by atoms with Crippen molar-refractivity contribution < 1.29 is 0 Å². The Morgan fingerprint density at radius 1 is 1.50 bits per heavy atom. The Kier molecular flexibility index (Phi) is 3.33. The molecule has 2 aromatic rings. The van der Waals surface area contributed by atoms with E-state index in [0.29, 0.717) is 5.82 Å². The molecule has 0 spiro atoms. The fraction of sp³-hybridized carbons (Fsp3) is 0.200. The lowest BCUT2D eigenvalue weighted by Gasteiger charge is -2.17. The van der Waals surface area contributed by atoms with Gasteiger partial charge in [-0.25, -0.2) is 15.8 Å². The second-order valence-corrected chi connectivity index (χ2v) is 4.37. The molecule has 0 amide bonds. The average molecular weight is 235 g/mol. The van der Waals surface area contributed by atoms with E-state index in [9.17, 15) is 0 Å². The van der Waals surface area contributed by atoms with Crippen molar-refractivity contribution in [1.82, 2.24) is 9.97 Å². The Morgan fingerprint density at radius 3 is 3.06 bits per heavy atom. The first-order valence-corrected chi connectivity index (χ1v) is 5.70. The van der Waals surface area contributed by atoms with Gasteiger partial charge in [0, 0.05) is 18.0 Å². The number of nitrogens with one attached hydrogen (secondary N) is 1. The van der Waals surface area contributed by atoms with Crippen molar-refractivity contribution in [2.75, 3.05) is 17.4 Å². The molecule has 0 aromatic carbocycles. The van der Waals surface area contributed by atoms with E-state index in [1.54, 1.807) is 11.3 Å². The Labute approximate surface area is 97.9 Å². The van der Waals surface area contributed by atoms with Crippen molar-refractivity contribution in [3.05, 3.63) is 34.8 Å². The molecule has 16 heavy (non-hydrogen) atoms. The number of anilines is 2. The first-order chi connectivity index (χ1) is 7.79. The van der Waals surface area contributed by atoms with Crippen LogP contribution in [0.5, 0.6) is 0 Å². The standard InChI is InChI=1S/C10H13N5S/c1-15(6-8-3-2-4-16-8)10-5-9(14-11)12-7-13-10/h2-5,7H,6,11H2,1H3,(H,12,13,14). The highest BCUT2D eigenvalue weighted by Crippen LogP contribution is 2.17. The molecule has 2 heterocycles. The van der Waals surface area contributed by atoms with Crippen LogP contribution in [0.3, 0.4) is 0 Å². The van der Waals surface area contributed by atoms with Crippen molar-refractivity contribution >= 4 is 23.0 Å². The van der Waals surface area contributed by atoms with E-state index in [1.165, 1.54) is 11.2 Å². The molecule has 0 saturated heterocycles. The van der Waals surface area contributed by atoms with Gasteiger partial charge >= 0.3 is 0 Å². The van der Waals surface area contributed by atoms with Crippen LogP contribution < -0.4 is 16.2 Å². The Balaban J connectivity index is 2.11. The molecule has 0 aliphatic rings. The van der Waals surface area contributed by atoms with Crippen molar-refractivity contribution in [3.8, 4) is 0 Å². The second kappa shape index (κ2) is 4.91. The molecule has 3 N–H and O–H groups in total. The third kappa shape index (κ3) is 2.47. The lowest BCUT2D eigenvalue weighted by atomic mass is 10.4. The predicted octanol–water partition coefficient (Wildman–Crippen LogP) is 1.46. The Hall–Kier alpha value is -1.66. The quantitative estimate of drug-likeness (QED) is 0.620. The minimum absolute atomic E-state index is 0.614. The molecule has 0 fully saturated rings. The zero-order valence-electron chi connectivity index (χ0n) is 8.92. The summed E-state index contributed by atoms with van der Waals surface area (Å²) in [6.07, 6.45) is 1.50. The first kappa shape index (κ1) is 10.8. The maximum absolute atomic E-state index is 5.30. The molecule has 6 heteroatoms. The van der Waals surface area contributed by atoms with Crippen molar-refractivity contribution in [2.24, 2.45) is 5.84 Å². The number of nitrogens with zero attached hydrogens (tertiary/aromatic N) is 3. The minimum Gasteiger partial charge on any atom is -0.354 e. The molecule has 2 rings (SSSR count). The number of hydrazine groups is 1. The van der Waals surface area contributed by atoms with Crippen LogP contribution in [0.25, 0.3) is 0 Å². The van der Waals surface area contributed by atoms with Crippen LogP contribution in [0, 0.1) is 0 Å². The van der Waals surface area contributed by atoms with Gasteiger partial charge < -0.3 is 10.3 Å². The highest BCUT2D eigenvalue weighted by Gasteiger charge is 2.05. The molecular formula is C10H13N5S. The predicted molar refractivity (Wildman–Crippen MR) is 66.3 cm³/mol. The number of rotatable bonds is 4. The van der Waals surface area contributed by atoms with E-state index < -0.39 is 0 Å². The van der Waals surface area contributed by atoms with E-state index in [-0.39, 0.29) is 0 Å². The maximum Gasteiger partial charge on any atom is 0.145 e. The maximum atomic E-state index is 5.30. The number of thiophene rings is 1. The lowest BCUT2D eigenvalue weighted by molar-refractivity contribution is 0.904. The molecule has 0 saturated carbocycles.